The van der Waals surface area contributed by atoms with Gasteiger partial charge in [0.1, 0.15) is 0 Å². The van der Waals surface area contributed by atoms with Gasteiger partial charge in [-0.3, -0.25) is 4.99 Å². The maximum absolute atomic E-state index is 12.3. The lowest BCUT2D eigenvalue weighted by Crippen LogP contribution is -2.52. The summed E-state index contributed by atoms with van der Waals surface area (Å²) < 4.78 is 27.2. The van der Waals surface area contributed by atoms with E-state index in [9.17, 15) is 8.42 Å². The number of nitrogens with zero attached hydrogens (tertiary/aromatic N) is 3. The Morgan fingerprint density at radius 3 is 2.40 bits per heavy atom. The van der Waals surface area contributed by atoms with Gasteiger partial charge in [-0.15, -0.1) is 35.3 Å². The number of benzene rings is 1. The van der Waals surface area contributed by atoms with Crippen LogP contribution in [-0.2, 0) is 16.6 Å². The Bertz CT molecular complexity index is 936. The van der Waals surface area contributed by atoms with Crippen LogP contribution in [0.3, 0.4) is 0 Å². The first-order valence-electron chi connectivity index (χ1n) is 9.90. The number of anilines is 1. The second-order valence-corrected chi connectivity index (χ2v) is 10.0. The molecule has 2 fully saturated rings. The van der Waals surface area contributed by atoms with Crippen molar-refractivity contribution >= 4 is 56.3 Å². The van der Waals surface area contributed by atoms with E-state index in [2.05, 4.69) is 42.3 Å². The van der Waals surface area contributed by atoms with Gasteiger partial charge in [-0.25, -0.2) is 13.1 Å². The second-order valence-electron chi connectivity index (χ2n) is 7.37. The van der Waals surface area contributed by atoms with E-state index in [0.717, 1.165) is 50.5 Å². The lowest BCUT2D eigenvalue weighted by Gasteiger charge is -2.37. The maximum Gasteiger partial charge on any atom is 0.240 e. The van der Waals surface area contributed by atoms with E-state index >= 15 is 0 Å². The summed E-state index contributed by atoms with van der Waals surface area (Å²) in [6, 6.07) is 11.4. The SMILES string of the molecule is CN=C(NCc1ccc(S(=O)(=O)NC2CC2)cc1)N1CCN(c2cccs2)CC1.I. The Balaban J connectivity index is 0.00000256. The quantitative estimate of drug-likeness (QED) is 0.323. The number of halogens is 1. The number of hydrogen-bond donors (Lipinski definition) is 2. The van der Waals surface area contributed by atoms with Crippen LogP contribution < -0.4 is 14.9 Å². The molecular formula is C20H28IN5O2S2. The fraction of sp³-hybridized carbons (Fsp3) is 0.450. The van der Waals surface area contributed by atoms with Gasteiger partial charge in [0, 0.05) is 45.8 Å². The van der Waals surface area contributed by atoms with E-state index in [0.29, 0.717) is 11.4 Å². The molecule has 1 aliphatic carbocycles. The highest BCUT2D eigenvalue weighted by Crippen LogP contribution is 2.23. The van der Waals surface area contributed by atoms with Crippen LogP contribution >= 0.6 is 35.3 Å². The summed E-state index contributed by atoms with van der Waals surface area (Å²) in [5.74, 6) is 0.878. The van der Waals surface area contributed by atoms with Crippen molar-refractivity contribution in [2.45, 2.75) is 30.3 Å². The maximum atomic E-state index is 12.3. The molecule has 0 unspecified atom stereocenters. The Morgan fingerprint density at radius 1 is 1.13 bits per heavy atom. The Morgan fingerprint density at radius 2 is 1.83 bits per heavy atom. The van der Waals surface area contributed by atoms with E-state index in [-0.39, 0.29) is 30.0 Å². The molecule has 2 aliphatic rings. The lowest BCUT2D eigenvalue weighted by molar-refractivity contribution is 0.373. The molecule has 1 aliphatic heterocycles. The van der Waals surface area contributed by atoms with Crippen molar-refractivity contribution in [1.82, 2.24) is 14.9 Å². The molecule has 30 heavy (non-hydrogen) atoms. The normalized spacial score (nSPS) is 17.6. The van der Waals surface area contributed by atoms with Gasteiger partial charge in [0.05, 0.1) is 9.90 Å². The van der Waals surface area contributed by atoms with Crippen LogP contribution in [0.25, 0.3) is 0 Å². The molecule has 0 atom stereocenters. The van der Waals surface area contributed by atoms with Crippen LogP contribution in [0.15, 0.2) is 51.7 Å². The lowest BCUT2D eigenvalue weighted by atomic mass is 10.2. The fourth-order valence-corrected chi connectivity index (χ4v) is 5.47. The van der Waals surface area contributed by atoms with Crippen LogP contribution in [0.2, 0.25) is 0 Å². The zero-order chi connectivity index (χ0) is 20.3. The zero-order valence-corrected chi connectivity index (χ0v) is 20.9. The summed E-state index contributed by atoms with van der Waals surface area (Å²) in [6.07, 6.45) is 1.86. The molecule has 1 saturated carbocycles. The predicted octanol–water partition coefficient (Wildman–Crippen LogP) is 2.70. The molecule has 0 bridgehead atoms. The van der Waals surface area contributed by atoms with Crippen molar-refractivity contribution in [2.24, 2.45) is 4.99 Å². The first-order valence-corrected chi connectivity index (χ1v) is 12.3. The summed E-state index contributed by atoms with van der Waals surface area (Å²) >= 11 is 1.78. The zero-order valence-electron chi connectivity index (χ0n) is 17.0. The molecule has 1 aromatic heterocycles. The molecule has 1 aromatic carbocycles. The van der Waals surface area contributed by atoms with E-state index in [4.69, 9.17) is 0 Å². The number of sulfonamides is 1. The van der Waals surface area contributed by atoms with Crippen molar-refractivity contribution in [3.63, 3.8) is 0 Å². The number of piperazine rings is 1. The largest absolute Gasteiger partial charge is 0.360 e. The molecule has 7 nitrogen and oxygen atoms in total. The molecule has 4 rings (SSSR count). The third-order valence-electron chi connectivity index (χ3n) is 5.19. The highest BCUT2D eigenvalue weighted by molar-refractivity contribution is 14.0. The highest BCUT2D eigenvalue weighted by Gasteiger charge is 2.27. The first kappa shape index (κ1) is 23.3. The molecule has 2 heterocycles. The molecule has 0 amide bonds. The predicted molar refractivity (Wildman–Crippen MR) is 134 cm³/mol. The van der Waals surface area contributed by atoms with Crippen molar-refractivity contribution in [1.29, 1.82) is 0 Å². The molecule has 164 valence electrons. The number of hydrogen-bond acceptors (Lipinski definition) is 5. The van der Waals surface area contributed by atoms with Gasteiger partial charge in [-0.1, -0.05) is 12.1 Å². The number of nitrogens with one attached hydrogen (secondary N) is 2. The molecule has 10 heteroatoms. The Hall–Kier alpha value is -1.37. The summed E-state index contributed by atoms with van der Waals surface area (Å²) in [4.78, 5) is 9.41. The summed E-state index contributed by atoms with van der Waals surface area (Å²) in [5, 5.41) is 6.83. The van der Waals surface area contributed by atoms with Crippen molar-refractivity contribution in [3.8, 4) is 0 Å². The average Bonchev–Trinajstić information content (AvgIpc) is 3.36. The van der Waals surface area contributed by atoms with Crippen LogP contribution in [0.4, 0.5) is 5.00 Å². The van der Waals surface area contributed by atoms with E-state index in [1.165, 1.54) is 5.00 Å². The summed E-state index contributed by atoms with van der Waals surface area (Å²) in [5.41, 5.74) is 1.02. The Kier molecular flexibility index (Phi) is 7.99. The van der Waals surface area contributed by atoms with Crippen LogP contribution in [0.1, 0.15) is 18.4 Å². The third-order valence-corrected chi connectivity index (χ3v) is 7.66. The minimum Gasteiger partial charge on any atom is -0.360 e. The first-order chi connectivity index (χ1) is 14.0. The van der Waals surface area contributed by atoms with Crippen LogP contribution in [-0.4, -0.2) is 58.5 Å². The smallest absolute Gasteiger partial charge is 0.240 e. The van der Waals surface area contributed by atoms with E-state index in [1.807, 2.05) is 12.1 Å². The van der Waals surface area contributed by atoms with Crippen molar-refractivity contribution in [3.05, 3.63) is 47.3 Å². The van der Waals surface area contributed by atoms with Crippen LogP contribution in [0.5, 0.6) is 0 Å². The summed E-state index contributed by atoms with van der Waals surface area (Å²) in [7, 11) is -1.60. The number of aliphatic imine (C=N–C) groups is 1. The number of rotatable bonds is 6. The molecule has 2 aromatic rings. The van der Waals surface area contributed by atoms with Gasteiger partial charge in [0.25, 0.3) is 0 Å². The molecule has 0 radical (unpaired) electrons. The molecule has 2 N–H and O–H groups in total. The van der Waals surface area contributed by atoms with Crippen molar-refractivity contribution in [2.75, 3.05) is 38.1 Å². The summed E-state index contributed by atoms with van der Waals surface area (Å²) in [6.45, 7) is 4.39. The van der Waals surface area contributed by atoms with Crippen molar-refractivity contribution < 1.29 is 8.42 Å². The second kappa shape index (κ2) is 10.3. The van der Waals surface area contributed by atoms with Crippen LogP contribution in [0, 0.1) is 0 Å². The minimum atomic E-state index is -3.40. The van der Waals surface area contributed by atoms with E-state index in [1.54, 1.807) is 30.5 Å². The van der Waals surface area contributed by atoms with Gasteiger partial charge in [-0.05, 0) is 48.1 Å². The number of guanidine groups is 1. The molecule has 0 spiro atoms. The monoisotopic (exact) mass is 561 g/mol. The number of thiophene rings is 1. The van der Waals surface area contributed by atoms with Gasteiger partial charge in [0.15, 0.2) is 5.96 Å². The third kappa shape index (κ3) is 5.86. The van der Waals surface area contributed by atoms with Gasteiger partial charge in [-0.2, -0.15) is 0 Å². The van der Waals surface area contributed by atoms with Gasteiger partial charge < -0.3 is 15.1 Å². The van der Waals surface area contributed by atoms with Gasteiger partial charge in [0.2, 0.25) is 10.0 Å². The average molecular weight is 562 g/mol. The standard InChI is InChI=1S/C20H27N5O2S2.HI/c1-21-20(25-12-10-24(11-13-25)19-3-2-14-28-19)22-15-16-4-8-18(9-5-16)29(26,27)23-17-6-7-17;/h2-5,8-9,14,17,23H,6-7,10-13,15H2,1H3,(H,21,22);1H. The molecule has 1 saturated heterocycles. The minimum absolute atomic E-state index is 0. The molecular weight excluding hydrogens is 533 g/mol. The van der Waals surface area contributed by atoms with E-state index < -0.39 is 10.0 Å². The highest BCUT2D eigenvalue weighted by atomic mass is 127. The van der Waals surface area contributed by atoms with Gasteiger partial charge >= 0.3 is 0 Å². The fourth-order valence-electron chi connectivity index (χ4n) is 3.38. The Labute approximate surface area is 199 Å². The topological polar surface area (TPSA) is 77.0 Å².